The second-order valence-electron chi connectivity index (χ2n) is 5.73. The summed E-state index contributed by atoms with van der Waals surface area (Å²) in [6, 6.07) is 3.95. The molecule has 1 amide bonds. The Bertz CT molecular complexity index is 747. The lowest BCUT2D eigenvalue weighted by atomic mass is 10.2. The first-order valence-electron chi connectivity index (χ1n) is 7.85. The first-order valence-corrected chi connectivity index (χ1v) is 10.0. The van der Waals surface area contributed by atoms with Crippen LogP contribution in [0.4, 0.5) is 0 Å². The van der Waals surface area contributed by atoms with Crippen molar-refractivity contribution in [2.24, 2.45) is 0 Å². The van der Waals surface area contributed by atoms with E-state index in [0.717, 1.165) is 0 Å². The van der Waals surface area contributed by atoms with Gasteiger partial charge in [-0.25, -0.2) is 8.42 Å². The summed E-state index contributed by atoms with van der Waals surface area (Å²) in [7, 11) is -3.64. The fraction of sp³-hybridized carbons (Fsp3) is 0.438. The first-order chi connectivity index (χ1) is 11.8. The van der Waals surface area contributed by atoms with Crippen LogP contribution in [0.2, 0.25) is 10.0 Å². The van der Waals surface area contributed by atoms with Crippen molar-refractivity contribution < 1.29 is 13.2 Å². The maximum absolute atomic E-state index is 12.7. The highest BCUT2D eigenvalue weighted by molar-refractivity contribution is 7.89. The van der Waals surface area contributed by atoms with Crippen LogP contribution in [0.1, 0.15) is 6.92 Å². The third kappa shape index (κ3) is 4.74. The van der Waals surface area contributed by atoms with E-state index in [1.807, 2.05) is 11.8 Å². The molecular formula is C16H21Cl2N3O3S. The predicted octanol–water partition coefficient (Wildman–Crippen LogP) is 1.99. The van der Waals surface area contributed by atoms with Crippen molar-refractivity contribution in [1.29, 1.82) is 0 Å². The molecule has 1 fully saturated rings. The van der Waals surface area contributed by atoms with E-state index in [2.05, 4.69) is 11.9 Å². The lowest BCUT2D eigenvalue weighted by Gasteiger charge is -2.36. The quantitative estimate of drug-likeness (QED) is 0.734. The minimum atomic E-state index is -3.64. The van der Waals surface area contributed by atoms with Crippen LogP contribution in [-0.4, -0.2) is 62.3 Å². The maximum Gasteiger partial charge on any atom is 0.243 e. The largest absolute Gasteiger partial charge is 0.351 e. The Hall–Kier alpha value is -1.12. The number of nitrogens with zero attached hydrogens (tertiary/aromatic N) is 2. The molecule has 1 atom stereocenters. The minimum Gasteiger partial charge on any atom is -0.351 e. The van der Waals surface area contributed by atoms with E-state index in [4.69, 9.17) is 23.2 Å². The van der Waals surface area contributed by atoms with E-state index in [1.54, 1.807) is 6.08 Å². The molecule has 1 saturated heterocycles. The lowest BCUT2D eigenvalue weighted by molar-refractivity contribution is -0.126. The Morgan fingerprint density at radius 2 is 1.92 bits per heavy atom. The van der Waals surface area contributed by atoms with E-state index in [-0.39, 0.29) is 21.9 Å². The van der Waals surface area contributed by atoms with Crippen LogP contribution < -0.4 is 5.32 Å². The van der Waals surface area contributed by atoms with Crippen molar-refractivity contribution in [1.82, 2.24) is 14.5 Å². The molecule has 0 unspecified atom stereocenters. The van der Waals surface area contributed by atoms with Gasteiger partial charge in [0.15, 0.2) is 0 Å². The average Bonchev–Trinajstić information content (AvgIpc) is 2.61. The number of rotatable bonds is 6. The first kappa shape index (κ1) is 20.2. The number of carbonyl (C=O) groups excluding carboxylic acids is 1. The summed E-state index contributed by atoms with van der Waals surface area (Å²) in [6.45, 7) is 7.35. The molecule has 1 N–H and O–H groups in total. The summed E-state index contributed by atoms with van der Waals surface area (Å²) in [6.07, 6.45) is 1.62. The topological polar surface area (TPSA) is 69.7 Å². The molecule has 1 aliphatic heterocycles. The average molecular weight is 406 g/mol. The number of halogens is 2. The minimum absolute atomic E-state index is 0.0966. The van der Waals surface area contributed by atoms with Gasteiger partial charge in [-0.15, -0.1) is 6.58 Å². The molecule has 0 spiro atoms. The molecular weight excluding hydrogens is 385 g/mol. The molecule has 9 heteroatoms. The van der Waals surface area contributed by atoms with Crippen LogP contribution in [-0.2, 0) is 14.8 Å². The van der Waals surface area contributed by atoms with Crippen molar-refractivity contribution in [2.75, 3.05) is 32.7 Å². The van der Waals surface area contributed by atoms with Crippen molar-refractivity contribution in [2.45, 2.75) is 17.9 Å². The number of nitrogens with one attached hydrogen (secondary N) is 1. The molecule has 1 aromatic carbocycles. The zero-order chi connectivity index (χ0) is 18.6. The summed E-state index contributed by atoms with van der Waals surface area (Å²) in [5.41, 5.74) is 0. The Morgan fingerprint density at radius 3 is 2.48 bits per heavy atom. The molecule has 1 aromatic rings. The van der Waals surface area contributed by atoms with Crippen LogP contribution in [0, 0.1) is 0 Å². The van der Waals surface area contributed by atoms with E-state index in [9.17, 15) is 13.2 Å². The molecule has 0 aliphatic carbocycles. The zero-order valence-electron chi connectivity index (χ0n) is 13.9. The van der Waals surface area contributed by atoms with Crippen molar-refractivity contribution in [3.8, 4) is 0 Å². The Kier molecular flexibility index (Phi) is 6.87. The number of amides is 1. The molecule has 2 rings (SSSR count). The standard InChI is InChI=1S/C16H21Cl2N3O3S/c1-3-6-19-16(22)12(2)20-7-9-21(10-8-20)25(23,24)13-4-5-14(17)15(18)11-13/h3-5,11-12H,1,6-10H2,2H3,(H,19,22)/t12-/m1/s1. The SMILES string of the molecule is C=CCNC(=O)[C@@H](C)N1CCN(S(=O)(=O)c2ccc(Cl)c(Cl)c2)CC1. The van der Waals surface area contributed by atoms with Gasteiger partial charge in [0.1, 0.15) is 0 Å². The molecule has 0 radical (unpaired) electrons. The maximum atomic E-state index is 12.7. The number of hydrogen-bond acceptors (Lipinski definition) is 4. The molecule has 0 aromatic heterocycles. The molecule has 25 heavy (non-hydrogen) atoms. The van der Waals surface area contributed by atoms with E-state index < -0.39 is 10.0 Å². The van der Waals surface area contributed by atoms with Gasteiger partial charge in [-0.3, -0.25) is 9.69 Å². The Balaban J connectivity index is 2.02. The van der Waals surface area contributed by atoms with Crippen molar-refractivity contribution in [3.05, 3.63) is 40.9 Å². The van der Waals surface area contributed by atoms with E-state index >= 15 is 0 Å². The van der Waals surface area contributed by atoms with Gasteiger partial charge in [0.2, 0.25) is 15.9 Å². The highest BCUT2D eigenvalue weighted by atomic mass is 35.5. The lowest BCUT2D eigenvalue weighted by Crippen LogP contribution is -2.54. The second kappa shape index (κ2) is 8.51. The molecule has 6 nitrogen and oxygen atoms in total. The van der Waals surface area contributed by atoms with Crippen LogP contribution in [0.3, 0.4) is 0 Å². The van der Waals surface area contributed by atoms with E-state index in [1.165, 1.54) is 22.5 Å². The zero-order valence-corrected chi connectivity index (χ0v) is 16.2. The molecule has 0 bridgehead atoms. The van der Waals surface area contributed by atoms with Gasteiger partial charge >= 0.3 is 0 Å². The molecule has 0 saturated carbocycles. The highest BCUT2D eigenvalue weighted by Crippen LogP contribution is 2.27. The van der Waals surface area contributed by atoms with Crippen LogP contribution in [0.15, 0.2) is 35.7 Å². The van der Waals surface area contributed by atoms with Gasteiger partial charge in [-0.1, -0.05) is 29.3 Å². The normalized spacial score (nSPS) is 17.9. The van der Waals surface area contributed by atoms with Gasteiger partial charge in [0.05, 0.1) is 21.0 Å². The monoisotopic (exact) mass is 405 g/mol. The number of piperazine rings is 1. The summed E-state index contributed by atoms with van der Waals surface area (Å²) in [5, 5.41) is 3.26. The summed E-state index contributed by atoms with van der Waals surface area (Å²) >= 11 is 11.8. The number of hydrogen-bond donors (Lipinski definition) is 1. The van der Waals surface area contributed by atoms with Gasteiger partial charge < -0.3 is 5.32 Å². The third-order valence-corrected chi connectivity index (χ3v) is 6.78. The van der Waals surface area contributed by atoms with Gasteiger partial charge in [-0.2, -0.15) is 4.31 Å². The summed E-state index contributed by atoms with van der Waals surface area (Å²) < 4.78 is 26.8. The molecule has 1 aliphatic rings. The van der Waals surface area contributed by atoms with Crippen molar-refractivity contribution >= 4 is 39.1 Å². The third-order valence-electron chi connectivity index (χ3n) is 4.15. The highest BCUT2D eigenvalue weighted by Gasteiger charge is 2.31. The Labute approximate surface area is 158 Å². The van der Waals surface area contributed by atoms with E-state index in [0.29, 0.717) is 37.7 Å². The van der Waals surface area contributed by atoms with Gasteiger partial charge in [-0.05, 0) is 25.1 Å². The second-order valence-corrected chi connectivity index (χ2v) is 8.48. The number of carbonyl (C=O) groups is 1. The summed E-state index contributed by atoms with van der Waals surface area (Å²) in [4.78, 5) is 14.1. The van der Waals surface area contributed by atoms with Crippen LogP contribution >= 0.6 is 23.2 Å². The van der Waals surface area contributed by atoms with Crippen LogP contribution in [0.25, 0.3) is 0 Å². The van der Waals surface area contributed by atoms with Gasteiger partial charge in [0, 0.05) is 32.7 Å². The number of sulfonamides is 1. The fourth-order valence-corrected chi connectivity index (χ4v) is 4.42. The van der Waals surface area contributed by atoms with Crippen molar-refractivity contribution in [3.63, 3.8) is 0 Å². The summed E-state index contributed by atoms with van der Waals surface area (Å²) in [5.74, 6) is -0.0966. The Morgan fingerprint density at radius 1 is 1.28 bits per heavy atom. The molecule has 138 valence electrons. The fourth-order valence-electron chi connectivity index (χ4n) is 2.60. The van der Waals surface area contributed by atoms with Gasteiger partial charge in [0.25, 0.3) is 0 Å². The molecule has 1 heterocycles. The predicted molar refractivity (Wildman–Crippen MR) is 99.5 cm³/mol. The number of benzene rings is 1. The smallest absolute Gasteiger partial charge is 0.243 e. The van der Waals surface area contributed by atoms with Crippen LogP contribution in [0.5, 0.6) is 0 Å².